The van der Waals surface area contributed by atoms with Crippen LogP contribution in [-0.4, -0.2) is 28.5 Å². The van der Waals surface area contributed by atoms with Gasteiger partial charge in [0.2, 0.25) is 5.78 Å². The van der Waals surface area contributed by atoms with Gasteiger partial charge in [-0.3, -0.25) is 4.79 Å². The zero-order valence-electron chi connectivity index (χ0n) is 14.3. The van der Waals surface area contributed by atoms with Crippen LogP contribution < -0.4 is 0 Å². The van der Waals surface area contributed by atoms with Crippen molar-refractivity contribution in [3.05, 3.63) is 59.2 Å². The van der Waals surface area contributed by atoms with Crippen molar-refractivity contribution < 1.29 is 23.8 Å². The van der Waals surface area contributed by atoms with E-state index in [1.165, 1.54) is 19.2 Å². The highest BCUT2D eigenvalue weighted by molar-refractivity contribution is 6.25. The summed E-state index contributed by atoms with van der Waals surface area (Å²) in [5.74, 6) is -1.95. The molecule has 1 aliphatic carbocycles. The molecule has 0 saturated heterocycles. The summed E-state index contributed by atoms with van der Waals surface area (Å²) in [7, 11) is 1.19. The lowest BCUT2D eigenvalue weighted by Crippen LogP contribution is -2.42. The van der Waals surface area contributed by atoms with E-state index in [-0.39, 0.29) is 17.1 Å². The van der Waals surface area contributed by atoms with E-state index in [1.807, 2.05) is 4.57 Å². The highest BCUT2D eigenvalue weighted by atomic mass is 19.1. The molecule has 1 spiro atoms. The molecule has 5 nitrogen and oxygen atoms in total. The second-order valence-corrected chi connectivity index (χ2v) is 6.73. The monoisotopic (exact) mass is 355 g/mol. The third kappa shape index (κ3) is 2.14. The summed E-state index contributed by atoms with van der Waals surface area (Å²) in [4.78, 5) is 25.0. The van der Waals surface area contributed by atoms with Gasteiger partial charge in [-0.1, -0.05) is 12.8 Å². The Balaban J connectivity index is 1.97. The summed E-state index contributed by atoms with van der Waals surface area (Å²) in [6.07, 6.45) is 2.96. The van der Waals surface area contributed by atoms with Gasteiger partial charge in [0.1, 0.15) is 22.7 Å². The van der Waals surface area contributed by atoms with Crippen LogP contribution in [0.4, 0.5) is 4.39 Å². The summed E-state index contributed by atoms with van der Waals surface area (Å²) >= 11 is 0. The topological polar surface area (TPSA) is 68.5 Å². The van der Waals surface area contributed by atoms with Crippen LogP contribution in [0.3, 0.4) is 0 Å². The third-order valence-electron chi connectivity index (χ3n) is 5.41. The fourth-order valence-electron chi connectivity index (χ4n) is 4.21. The lowest BCUT2D eigenvalue weighted by Gasteiger charge is -2.38. The van der Waals surface area contributed by atoms with E-state index in [9.17, 15) is 19.1 Å². The van der Waals surface area contributed by atoms with E-state index in [4.69, 9.17) is 4.74 Å². The smallest absolute Gasteiger partial charge is 0.345 e. The van der Waals surface area contributed by atoms with Crippen LogP contribution in [0.25, 0.3) is 11.3 Å². The summed E-state index contributed by atoms with van der Waals surface area (Å²) in [5.41, 5.74) is 0.659. The molecule has 1 fully saturated rings. The Kier molecular flexibility index (Phi) is 3.72. The molecule has 134 valence electrons. The number of aromatic nitrogens is 1. The first kappa shape index (κ1) is 16.6. The zero-order valence-corrected chi connectivity index (χ0v) is 14.3. The zero-order chi connectivity index (χ0) is 18.5. The minimum atomic E-state index is -0.847. The first-order chi connectivity index (χ1) is 12.5. The molecule has 1 aromatic heterocycles. The number of ether oxygens (including phenoxy) is 1. The number of Topliss-reactive ketones (excluding diaryl/α,β-unsaturated/α-hetero) is 1. The molecule has 4 rings (SSSR count). The van der Waals surface area contributed by atoms with Gasteiger partial charge in [0.25, 0.3) is 0 Å². The molecule has 0 amide bonds. The van der Waals surface area contributed by atoms with Gasteiger partial charge in [-0.25, -0.2) is 9.18 Å². The van der Waals surface area contributed by atoms with Gasteiger partial charge in [-0.2, -0.15) is 0 Å². The van der Waals surface area contributed by atoms with Crippen LogP contribution in [0, 0.1) is 5.82 Å². The van der Waals surface area contributed by atoms with E-state index in [0.717, 1.165) is 18.4 Å². The number of benzene rings is 1. The molecule has 0 bridgehead atoms. The molecule has 0 atom stereocenters. The van der Waals surface area contributed by atoms with E-state index in [0.29, 0.717) is 24.2 Å². The summed E-state index contributed by atoms with van der Waals surface area (Å²) in [6.45, 7) is 0. The number of ketones is 1. The van der Waals surface area contributed by atoms with Crippen molar-refractivity contribution >= 4 is 11.8 Å². The van der Waals surface area contributed by atoms with Crippen LogP contribution in [0.15, 0.2) is 47.7 Å². The number of rotatable bonds is 2. The largest absolute Gasteiger partial charge is 0.509 e. The number of esters is 1. The highest BCUT2D eigenvalue weighted by Crippen LogP contribution is 2.49. The molecule has 2 aromatic rings. The fourth-order valence-corrected chi connectivity index (χ4v) is 4.21. The Bertz CT molecular complexity index is 933. The van der Waals surface area contributed by atoms with Gasteiger partial charge in [0.15, 0.2) is 0 Å². The molecular weight excluding hydrogens is 337 g/mol. The van der Waals surface area contributed by atoms with Crippen LogP contribution >= 0.6 is 0 Å². The number of carbonyl (C=O) groups is 2. The van der Waals surface area contributed by atoms with Crippen LogP contribution in [-0.2, 0) is 15.1 Å². The molecule has 0 radical (unpaired) electrons. The van der Waals surface area contributed by atoms with Gasteiger partial charge >= 0.3 is 5.97 Å². The number of fused-ring (bicyclic) bond motifs is 2. The molecule has 1 N–H and O–H groups in total. The molecule has 1 aliphatic heterocycles. The number of nitrogens with zero attached hydrogens (tertiary/aromatic N) is 1. The van der Waals surface area contributed by atoms with Crippen molar-refractivity contribution in [2.45, 2.75) is 31.2 Å². The SMILES string of the molecule is COC(=O)C1=C(O)C2(CCCC2)n2c(ccc2-c2ccc(F)cc2)C1=O. The highest BCUT2D eigenvalue weighted by Gasteiger charge is 2.50. The third-order valence-corrected chi connectivity index (χ3v) is 5.41. The minimum absolute atomic E-state index is 0.223. The number of hydrogen-bond donors (Lipinski definition) is 1. The Morgan fingerprint density at radius 2 is 1.73 bits per heavy atom. The standard InChI is InChI=1S/C20H18FNO4/c1-26-19(25)16-17(23)15-9-8-14(12-4-6-13(21)7-5-12)22(15)20(18(16)24)10-2-3-11-20/h4-9,24H,2-3,10-11H2,1H3. The van der Waals surface area contributed by atoms with Gasteiger partial charge in [-0.05, 0) is 54.8 Å². The lowest BCUT2D eigenvalue weighted by atomic mass is 9.85. The van der Waals surface area contributed by atoms with Crippen LogP contribution in [0.5, 0.6) is 0 Å². The molecule has 1 aromatic carbocycles. The minimum Gasteiger partial charge on any atom is -0.509 e. The van der Waals surface area contributed by atoms with E-state index < -0.39 is 17.3 Å². The molecule has 26 heavy (non-hydrogen) atoms. The quantitative estimate of drug-likeness (QED) is 0.658. The molecule has 6 heteroatoms. The number of carbonyl (C=O) groups excluding carboxylic acids is 2. The first-order valence-corrected chi connectivity index (χ1v) is 8.54. The van der Waals surface area contributed by atoms with E-state index >= 15 is 0 Å². The van der Waals surface area contributed by atoms with E-state index in [2.05, 4.69) is 0 Å². The number of halogens is 1. The van der Waals surface area contributed by atoms with Gasteiger partial charge in [0, 0.05) is 5.69 Å². The molecular formula is C20H18FNO4. The van der Waals surface area contributed by atoms with Crippen molar-refractivity contribution in [2.75, 3.05) is 7.11 Å². The fraction of sp³-hybridized carbons (Fsp3) is 0.300. The van der Waals surface area contributed by atoms with Crippen molar-refractivity contribution in [3.63, 3.8) is 0 Å². The van der Waals surface area contributed by atoms with Crippen molar-refractivity contribution in [1.29, 1.82) is 0 Å². The number of allylic oxidation sites excluding steroid dienone is 1. The maximum atomic E-state index is 13.3. The second kappa shape index (κ2) is 5.83. The summed E-state index contributed by atoms with van der Waals surface area (Å²) in [5, 5.41) is 10.9. The predicted octanol–water partition coefficient (Wildman–Crippen LogP) is 3.74. The number of hydrogen-bond acceptors (Lipinski definition) is 4. The van der Waals surface area contributed by atoms with Crippen LogP contribution in [0.2, 0.25) is 0 Å². The van der Waals surface area contributed by atoms with E-state index in [1.54, 1.807) is 24.3 Å². The Morgan fingerprint density at radius 3 is 2.35 bits per heavy atom. The normalized spacial score (nSPS) is 18.3. The van der Waals surface area contributed by atoms with Crippen molar-refractivity contribution in [1.82, 2.24) is 4.57 Å². The van der Waals surface area contributed by atoms with Gasteiger partial charge in [0.05, 0.1) is 12.8 Å². The Morgan fingerprint density at radius 1 is 1.12 bits per heavy atom. The average molecular weight is 355 g/mol. The number of aliphatic hydroxyl groups is 1. The average Bonchev–Trinajstić information content (AvgIpc) is 3.29. The van der Waals surface area contributed by atoms with Crippen molar-refractivity contribution in [2.24, 2.45) is 0 Å². The van der Waals surface area contributed by atoms with Crippen molar-refractivity contribution in [3.8, 4) is 11.3 Å². The Hall–Kier alpha value is -2.89. The Labute approximate surface area is 149 Å². The predicted molar refractivity (Wildman–Crippen MR) is 92.3 cm³/mol. The maximum absolute atomic E-state index is 13.3. The molecule has 0 unspecified atom stereocenters. The van der Waals surface area contributed by atoms with Gasteiger partial charge < -0.3 is 14.4 Å². The molecule has 1 saturated carbocycles. The van der Waals surface area contributed by atoms with Crippen LogP contribution in [0.1, 0.15) is 36.2 Å². The lowest BCUT2D eigenvalue weighted by molar-refractivity contribution is -0.136. The molecule has 2 aliphatic rings. The summed E-state index contributed by atoms with van der Waals surface area (Å²) in [6, 6.07) is 9.42. The number of aliphatic hydroxyl groups excluding tert-OH is 1. The molecule has 2 heterocycles. The summed E-state index contributed by atoms with van der Waals surface area (Å²) < 4.78 is 19.8. The maximum Gasteiger partial charge on any atom is 0.345 e. The van der Waals surface area contributed by atoms with Gasteiger partial charge in [-0.15, -0.1) is 0 Å². The second-order valence-electron chi connectivity index (χ2n) is 6.73. The first-order valence-electron chi connectivity index (χ1n) is 8.54. The number of methoxy groups -OCH3 is 1.